The van der Waals surface area contributed by atoms with E-state index in [1.807, 2.05) is 20.8 Å². The van der Waals surface area contributed by atoms with Gasteiger partial charge < -0.3 is 9.53 Å². The second-order valence-electron chi connectivity index (χ2n) is 9.50. The molecule has 3 nitrogen and oxygen atoms in total. The zero-order valence-electron chi connectivity index (χ0n) is 16.5. The first-order valence-corrected chi connectivity index (χ1v) is 12.1. The molecule has 0 aliphatic heterocycles. The van der Waals surface area contributed by atoms with E-state index in [-0.39, 0.29) is 22.8 Å². The van der Waals surface area contributed by atoms with E-state index in [1.165, 1.54) is 0 Å². The Bertz CT molecular complexity index is 404. The summed E-state index contributed by atoms with van der Waals surface area (Å²) in [5.74, 6) is 0.411. The van der Waals surface area contributed by atoms with E-state index < -0.39 is 13.9 Å². The van der Waals surface area contributed by atoms with Crippen LogP contribution >= 0.6 is 0 Å². The molecule has 23 heavy (non-hydrogen) atoms. The molecule has 1 aliphatic carbocycles. The lowest BCUT2D eigenvalue weighted by atomic mass is 9.74. The Morgan fingerprint density at radius 3 is 2.22 bits per heavy atom. The highest BCUT2D eigenvalue weighted by Crippen LogP contribution is 2.40. The van der Waals surface area contributed by atoms with Crippen molar-refractivity contribution in [2.24, 2.45) is 17.8 Å². The number of hydrogen-bond donors (Lipinski definition) is 1. The molecule has 0 spiro atoms. The number of rotatable bonds is 5. The number of ketones is 1. The van der Waals surface area contributed by atoms with Crippen LogP contribution in [0.3, 0.4) is 0 Å². The van der Waals surface area contributed by atoms with Crippen molar-refractivity contribution >= 4 is 14.1 Å². The van der Waals surface area contributed by atoms with Crippen molar-refractivity contribution in [1.29, 1.82) is 0 Å². The molecule has 0 radical (unpaired) electrons. The maximum absolute atomic E-state index is 12.8. The molecular formula is C19H38O3Si. The number of carbonyl (C=O) groups excluding carboxylic acids is 1. The Hall–Kier alpha value is -0.193. The summed E-state index contributed by atoms with van der Waals surface area (Å²) in [4.78, 5) is 12.8. The molecule has 1 fully saturated rings. The van der Waals surface area contributed by atoms with Crippen LogP contribution in [0.2, 0.25) is 18.1 Å². The molecule has 0 aromatic carbocycles. The van der Waals surface area contributed by atoms with Crippen LogP contribution < -0.4 is 0 Å². The highest BCUT2D eigenvalue weighted by Gasteiger charge is 2.42. The Labute approximate surface area is 144 Å². The monoisotopic (exact) mass is 342 g/mol. The second-order valence-corrected chi connectivity index (χ2v) is 14.3. The number of Topliss-reactive ketones (excluding diaryl/α,β-unsaturated/α-hetero) is 1. The molecular weight excluding hydrogens is 304 g/mol. The first-order valence-electron chi connectivity index (χ1n) is 9.17. The number of carbonyl (C=O) groups is 1. The fourth-order valence-corrected chi connectivity index (χ4v) is 4.46. The minimum atomic E-state index is -1.78. The maximum atomic E-state index is 12.8. The molecule has 0 heterocycles. The molecule has 1 rings (SSSR count). The minimum absolute atomic E-state index is 0.0444. The van der Waals surface area contributed by atoms with Crippen molar-refractivity contribution in [2.75, 3.05) is 6.61 Å². The van der Waals surface area contributed by atoms with Crippen LogP contribution in [0.25, 0.3) is 0 Å². The van der Waals surface area contributed by atoms with E-state index in [0.717, 1.165) is 25.7 Å². The molecule has 0 aromatic heterocycles. The smallest absolute Gasteiger partial charge is 0.191 e. The van der Waals surface area contributed by atoms with Gasteiger partial charge in [0.1, 0.15) is 5.78 Å². The average molecular weight is 343 g/mol. The maximum Gasteiger partial charge on any atom is 0.191 e. The van der Waals surface area contributed by atoms with Crippen molar-refractivity contribution < 1.29 is 14.3 Å². The molecule has 1 saturated carbocycles. The summed E-state index contributed by atoms with van der Waals surface area (Å²) in [6, 6.07) is 0. The molecule has 0 amide bonds. The quantitative estimate of drug-likeness (QED) is 0.577. The van der Waals surface area contributed by atoms with Gasteiger partial charge >= 0.3 is 0 Å². The summed E-state index contributed by atoms with van der Waals surface area (Å²) in [5.41, 5.74) is -0.804. The Morgan fingerprint density at radius 1 is 1.17 bits per heavy atom. The molecule has 3 atom stereocenters. The van der Waals surface area contributed by atoms with Crippen molar-refractivity contribution in [3.63, 3.8) is 0 Å². The molecule has 1 N–H and O–H groups in total. The van der Waals surface area contributed by atoms with Gasteiger partial charge in [0.25, 0.3) is 0 Å². The second kappa shape index (κ2) is 7.36. The van der Waals surface area contributed by atoms with E-state index in [2.05, 4.69) is 33.9 Å². The van der Waals surface area contributed by atoms with Crippen molar-refractivity contribution in [3.8, 4) is 0 Å². The topological polar surface area (TPSA) is 46.5 Å². The van der Waals surface area contributed by atoms with Crippen LogP contribution in [0.4, 0.5) is 0 Å². The third kappa shape index (κ3) is 5.40. The Morgan fingerprint density at radius 2 is 1.74 bits per heavy atom. The van der Waals surface area contributed by atoms with Gasteiger partial charge in [-0.1, -0.05) is 34.1 Å². The number of hydrogen-bond acceptors (Lipinski definition) is 3. The molecule has 4 heteroatoms. The van der Waals surface area contributed by atoms with E-state index in [4.69, 9.17) is 4.43 Å². The van der Waals surface area contributed by atoms with Gasteiger partial charge in [0.05, 0.1) is 5.60 Å². The number of aliphatic hydroxyl groups is 1. The molecule has 0 aromatic rings. The highest BCUT2D eigenvalue weighted by atomic mass is 28.4. The normalized spacial score (nSPS) is 27.9. The molecule has 1 aliphatic rings. The zero-order valence-corrected chi connectivity index (χ0v) is 17.5. The summed E-state index contributed by atoms with van der Waals surface area (Å²) in [6.45, 7) is 17.6. The van der Waals surface area contributed by atoms with Gasteiger partial charge in [-0.2, -0.15) is 0 Å². The van der Waals surface area contributed by atoms with Crippen LogP contribution in [0.5, 0.6) is 0 Å². The lowest BCUT2D eigenvalue weighted by Crippen LogP contribution is -2.43. The van der Waals surface area contributed by atoms with Gasteiger partial charge in [-0.05, 0) is 57.2 Å². The Balaban J connectivity index is 2.81. The minimum Gasteiger partial charge on any atom is -0.417 e. The van der Waals surface area contributed by atoms with E-state index in [0.29, 0.717) is 12.4 Å². The lowest BCUT2D eigenvalue weighted by molar-refractivity contribution is -0.131. The largest absolute Gasteiger partial charge is 0.417 e. The fraction of sp³-hybridized carbons (Fsp3) is 0.947. The van der Waals surface area contributed by atoms with E-state index in [1.54, 1.807) is 0 Å². The zero-order chi connectivity index (χ0) is 18.1. The van der Waals surface area contributed by atoms with Gasteiger partial charge in [-0.25, -0.2) is 0 Å². The van der Waals surface area contributed by atoms with Gasteiger partial charge in [0.15, 0.2) is 8.32 Å². The lowest BCUT2D eigenvalue weighted by Gasteiger charge is -2.38. The van der Waals surface area contributed by atoms with Gasteiger partial charge in [-0.15, -0.1) is 0 Å². The molecule has 0 bridgehead atoms. The van der Waals surface area contributed by atoms with Crippen LogP contribution in [-0.2, 0) is 9.22 Å². The summed E-state index contributed by atoms with van der Waals surface area (Å²) in [5, 5.41) is 10.7. The van der Waals surface area contributed by atoms with E-state index >= 15 is 0 Å². The first kappa shape index (κ1) is 20.9. The van der Waals surface area contributed by atoms with Crippen molar-refractivity contribution in [2.45, 2.75) is 91.0 Å². The third-order valence-electron chi connectivity index (χ3n) is 6.09. The van der Waals surface area contributed by atoms with Gasteiger partial charge in [0.2, 0.25) is 0 Å². The summed E-state index contributed by atoms with van der Waals surface area (Å²) >= 11 is 0. The van der Waals surface area contributed by atoms with Crippen molar-refractivity contribution in [3.05, 3.63) is 0 Å². The predicted octanol–water partition coefficient (Wildman–Crippen LogP) is 4.79. The molecule has 0 unspecified atom stereocenters. The third-order valence-corrected chi connectivity index (χ3v) is 10.6. The van der Waals surface area contributed by atoms with Crippen LogP contribution in [-0.4, -0.2) is 31.4 Å². The SMILES string of the molecule is C[C@@H]1CCC[C@@H](C(C)(C)O)[C@H](CCO[Si](C)(C)C(C)(C)C)C1=O. The standard InChI is InChI=1S/C19H38O3Si/c1-14-10-9-11-16(19(5,6)21)15(17(14)20)12-13-22-23(7,8)18(2,3)4/h14-16,21H,9-13H2,1-8H3/t14-,15+,16-/m1/s1. The highest BCUT2D eigenvalue weighted by molar-refractivity contribution is 6.74. The average Bonchev–Trinajstić information content (AvgIpc) is 2.49. The summed E-state index contributed by atoms with van der Waals surface area (Å²) in [6.07, 6.45) is 3.65. The fourth-order valence-electron chi connectivity index (χ4n) is 3.40. The molecule has 0 saturated heterocycles. The van der Waals surface area contributed by atoms with E-state index in [9.17, 15) is 9.90 Å². The predicted molar refractivity (Wildman–Crippen MR) is 99.1 cm³/mol. The molecule has 136 valence electrons. The Kier molecular flexibility index (Phi) is 6.68. The van der Waals surface area contributed by atoms with Crippen LogP contribution in [0.15, 0.2) is 0 Å². The van der Waals surface area contributed by atoms with Crippen molar-refractivity contribution in [1.82, 2.24) is 0 Å². The van der Waals surface area contributed by atoms with Gasteiger partial charge in [0, 0.05) is 18.4 Å². The van der Waals surface area contributed by atoms with Gasteiger partial charge in [-0.3, -0.25) is 4.79 Å². The summed E-state index contributed by atoms with van der Waals surface area (Å²) < 4.78 is 6.29. The van der Waals surface area contributed by atoms with Crippen LogP contribution in [0, 0.1) is 17.8 Å². The first-order chi connectivity index (χ1) is 10.3. The summed E-state index contributed by atoms with van der Waals surface area (Å²) in [7, 11) is -1.78. The van der Waals surface area contributed by atoms with Crippen LogP contribution in [0.1, 0.15) is 67.2 Å².